The van der Waals surface area contributed by atoms with Gasteiger partial charge in [-0.15, -0.1) is 0 Å². The Morgan fingerprint density at radius 3 is 1.19 bits per heavy atom. The number of ether oxygens (including phenoxy) is 3. The zero-order chi connectivity index (χ0) is 46.5. The van der Waals surface area contributed by atoms with Crippen LogP contribution < -0.4 is 0 Å². The van der Waals surface area contributed by atoms with Gasteiger partial charge in [-0.3, -0.25) is 14.4 Å². The van der Waals surface area contributed by atoms with E-state index >= 15 is 0 Å². The van der Waals surface area contributed by atoms with Crippen molar-refractivity contribution in [1.29, 1.82) is 0 Å². The molecule has 0 spiro atoms. The molecule has 0 N–H and O–H groups in total. The van der Waals surface area contributed by atoms with E-state index in [2.05, 4.69) is 124 Å². The van der Waals surface area contributed by atoms with Gasteiger partial charge in [-0.1, -0.05) is 206 Å². The number of carbonyl (C=O) groups excluding carboxylic acids is 3. The van der Waals surface area contributed by atoms with E-state index in [9.17, 15) is 14.4 Å². The van der Waals surface area contributed by atoms with Gasteiger partial charge in [0, 0.05) is 19.3 Å². The van der Waals surface area contributed by atoms with E-state index in [1.807, 2.05) is 18.2 Å². The minimum atomic E-state index is -0.832. The Hall–Kier alpha value is -4.19. The van der Waals surface area contributed by atoms with Crippen molar-refractivity contribution >= 4 is 17.9 Å². The van der Waals surface area contributed by atoms with E-state index in [1.54, 1.807) is 0 Å². The number of allylic oxidation sites excluding steroid dienone is 20. The lowest BCUT2D eigenvalue weighted by Crippen LogP contribution is -2.30. The molecule has 1 unspecified atom stereocenters. The van der Waals surface area contributed by atoms with Crippen LogP contribution in [0.5, 0.6) is 0 Å². The van der Waals surface area contributed by atoms with Gasteiger partial charge < -0.3 is 14.2 Å². The van der Waals surface area contributed by atoms with Crippen LogP contribution >= 0.6 is 0 Å². The summed E-state index contributed by atoms with van der Waals surface area (Å²) in [7, 11) is 0. The Morgan fingerprint density at radius 1 is 0.344 bits per heavy atom. The molecule has 0 heterocycles. The summed E-state index contributed by atoms with van der Waals surface area (Å²) in [4.78, 5) is 37.9. The van der Waals surface area contributed by atoms with Crippen molar-refractivity contribution < 1.29 is 28.6 Å². The normalized spacial score (nSPS) is 13.1. The second-order valence-electron chi connectivity index (χ2n) is 16.4. The largest absolute Gasteiger partial charge is 0.462 e. The average molecular weight is 885 g/mol. The van der Waals surface area contributed by atoms with Crippen molar-refractivity contribution in [3.05, 3.63) is 122 Å². The van der Waals surface area contributed by atoms with Crippen LogP contribution in [-0.2, 0) is 28.6 Å². The van der Waals surface area contributed by atoms with Crippen molar-refractivity contribution in [3.63, 3.8) is 0 Å². The van der Waals surface area contributed by atoms with E-state index in [0.29, 0.717) is 19.3 Å². The molecule has 0 saturated heterocycles. The first-order valence-corrected chi connectivity index (χ1v) is 25.6. The first-order valence-electron chi connectivity index (χ1n) is 25.6. The molecule has 1 atom stereocenters. The van der Waals surface area contributed by atoms with Crippen LogP contribution in [0.25, 0.3) is 0 Å². The topological polar surface area (TPSA) is 78.9 Å². The fourth-order valence-corrected chi connectivity index (χ4v) is 6.46. The molecule has 6 heteroatoms. The summed E-state index contributed by atoms with van der Waals surface area (Å²) >= 11 is 0. The van der Waals surface area contributed by atoms with Crippen molar-refractivity contribution in [2.45, 2.75) is 213 Å². The first kappa shape index (κ1) is 59.8. The maximum Gasteiger partial charge on any atom is 0.306 e. The van der Waals surface area contributed by atoms with Gasteiger partial charge in [-0.2, -0.15) is 0 Å². The molecule has 64 heavy (non-hydrogen) atoms. The SMILES string of the molecule is CC/C=C/C=C/C=C/CCCCCCCC(=O)OCC(COC(=O)CCCCCCCCC/C=C/C/C=C/CCCCC)OC(=O)CC/C=C/C/C=C/C/C=C/C/C=C/C/C=C/CC. The highest BCUT2D eigenvalue weighted by molar-refractivity contribution is 5.71. The van der Waals surface area contributed by atoms with Crippen molar-refractivity contribution in [2.75, 3.05) is 13.2 Å². The summed E-state index contributed by atoms with van der Waals surface area (Å²) in [6, 6.07) is 0. The van der Waals surface area contributed by atoms with E-state index in [-0.39, 0.29) is 31.6 Å². The lowest BCUT2D eigenvalue weighted by atomic mass is 10.1. The molecule has 0 bridgehead atoms. The van der Waals surface area contributed by atoms with Crippen LogP contribution in [0, 0.1) is 0 Å². The van der Waals surface area contributed by atoms with Crippen LogP contribution in [0.15, 0.2) is 122 Å². The van der Waals surface area contributed by atoms with Crippen LogP contribution in [-0.4, -0.2) is 37.2 Å². The summed E-state index contributed by atoms with van der Waals surface area (Å²) in [5.74, 6) is -1.04. The molecule has 0 amide bonds. The molecule has 0 aliphatic carbocycles. The highest BCUT2D eigenvalue weighted by atomic mass is 16.6. The average Bonchev–Trinajstić information content (AvgIpc) is 3.29. The zero-order valence-corrected chi connectivity index (χ0v) is 41.0. The molecule has 0 aromatic rings. The smallest absolute Gasteiger partial charge is 0.306 e. The number of carbonyl (C=O) groups is 3. The van der Waals surface area contributed by atoms with Gasteiger partial charge in [0.05, 0.1) is 0 Å². The lowest BCUT2D eigenvalue weighted by Gasteiger charge is -2.18. The van der Waals surface area contributed by atoms with Crippen LogP contribution in [0.1, 0.15) is 207 Å². The molecule has 0 saturated carbocycles. The fraction of sp³-hybridized carbons (Fsp3) is 0.603. The van der Waals surface area contributed by atoms with Crippen LogP contribution in [0.2, 0.25) is 0 Å². The molecule has 0 aliphatic heterocycles. The maximum absolute atomic E-state index is 12.8. The Bertz CT molecular complexity index is 1390. The van der Waals surface area contributed by atoms with Gasteiger partial charge in [0.25, 0.3) is 0 Å². The Labute approximate surface area is 392 Å². The molecule has 0 aromatic heterocycles. The van der Waals surface area contributed by atoms with Crippen molar-refractivity contribution in [1.82, 2.24) is 0 Å². The number of esters is 3. The van der Waals surface area contributed by atoms with Gasteiger partial charge in [-0.25, -0.2) is 0 Å². The molecular formula is C58H92O6. The predicted molar refractivity (Wildman–Crippen MR) is 274 cm³/mol. The van der Waals surface area contributed by atoms with E-state index in [4.69, 9.17) is 14.2 Å². The monoisotopic (exact) mass is 885 g/mol. The predicted octanol–water partition coefficient (Wildman–Crippen LogP) is 16.9. The summed E-state index contributed by atoms with van der Waals surface area (Å²) < 4.78 is 16.7. The molecule has 360 valence electrons. The van der Waals surface area contributed by atoms with E-state index < -0.39 is 12.1 Å². The van der Waals surface area contributed by atoms with Gasteiger partial charge in [-0.05, 0) is 103 Å². The Kier molecular flexibility index (Phi) is 48.1. The van der Waals surface area contributed by atoms with E-state index in [1.165, 1.54) is 51.4 Å². The third-order valence-corrected chi connectivity index (χ3v) is 10.3. The summed E-state index contributed by atoms with van der Waals surface area (Å²) in [5.41, 5.74) is 0. The zero-order valence-electron chi connectivity index (χ0n) is 41.0. The van der Waals surface area contributed by atoms with Crippen molar-refractivity contribution in [3.8, 4) is 0 Å². The Morgan fingerprint density at radius 2 is 0.719 bits per heavy atom. The highest BCUT2D eigenvalue weighted by Crippen LogP contribution is 2.13. The fourth-order valence-electron chi connectivity index (χ4n) is 6.46. The number of hydrogen-bond donors (Lipinski definition) is 0. The molecule has 0 rings (SSSR count). The second kappa shape index (κ2) is 51.4. The molecule has 0 aliphatic rings. The highest BCUT2D eigenvalue weighted by Gasteiger charge is 2.19. The van der Waals surface area contributed by atoms with Gasteiger partial charge in [0.15, 0.2) is 6.10 Å². The van der Waals surface area contributed by atoms with Gasteiger partial charge in [0.1, 0.15) is 13.2 Å². The Balaban J connectivity index is 4.55. The number of rotatable bonds is 44. The van der Waals surface area contributed by atoms with Gasteiger partial charge >= 0.3 is 17.9 Å². The summed E-state index contributed by atoms with van der Waals surface area (Å²) in [5, 5.41) is 0. The lowest BCUT2D eigenvalue weighted by molar-refractivity contribution is -0.166. The third kappa shape index (κ3) is 48.8. The number of hydrogen-bond acceptors (Lipinski definition) is 6. The number of unbranched alkanes of at least 4 members (excludes halogenated alkanes) is 15. The maximum atomic E-state index is 12.8. The van der Waals surface area contributed by atoms with Crippen LogP contribution in [0.3, 0.4) is 0 Å². The minimum Gasteiger partial charge on any atom is -0.462 e. The summed E-state index contributed by atoms with van der Waals surface area (Å²) in [6.45, 7) is 6.26. The molecule has 0 aromatic carbocycles. The van der Waals surface area contributed by atoms with Gasteiger partial charge in [0.2, 0.25) is 0 Å². The minimum absolute atomic E-state index is 0.122. The molecular weight excluding hydrogens is 793 g/mol. The molecule has 6 nitrogen and oxygen atoms in total. The summed E-state index contributed by atoms with van der Waals surface area (Å²) in [6.07, 6.45) is 70.5. The van der Waals surface area contributed by atoms with Crippen molar-refractivity contribution in [2.24, 2.45) is 0 Å². The standard InChI is InChI=1S/C58H92O6/c1-4-7-10-13-16-19-22-25-27-29-31-33-36-39-42-45-48-51-57(60)63-54-55(53-62-56(59)50-47-44-41-38-35-32-24-21-18-15-12-9-6-3)64-58(61)52-49-46-43-40-37-34-30-28-26-23-20-17-14-11-8-5-2/h8-9,11-12,15-21,24-28,34,37,43,46,55H,4-7,10,13-14,22-23,29-33,35-36,38-42,44-45,47-54H2,1-3H3/b11-8+,12-9+,18-15+,19-16+,20-17+,24-21+,27-25+,28-26+,37-34+,46-43+. The van der Waals surface area contributed by atoms with Crippen LogP contribution in [0.4, 0.5) is 0 Å². The molecule has 0 radical (unpaired) electrons. The molecule has 0 fully saturated rings. The first-order chi connectivity index (χ1) is 31.5. The quantitative estimate of drug-likeness (QED) is 0.0199. The van der Waals surface area contributed by atoms with E-state index in [0.717, 1.165) is 109 Å². The second-order valence-corrected chi connectivity index (χ2v) is 16.4. The third-order valence-electron chi connectivity index (χ3n) is 10.3.